The molecular weight excluding hydrogens is 352 g/mol. The van der Waals surface area contributed by atoms with Gasteiger partial charge in [-0.3, -0.25) is 10.1 Å². The average molecular weight is 368 g/mol. The minimum atomic E-state index is -0.899. The van der Waals surface area contributed by atoms with Crippen LogP contribution < -0.4 is 15.4 Å². The number of carbonyl (C=O) groups is 2. The Morgan fingerprint density at radius 2 is 2.00 bits per heavy atom. The molecule has 8 nitrogen and oxygen atoms in total. The van der Waals surface area contributed by atoms with E-state index in [0.717, 1.165) is 23.1 Å². The van der Waals surface area contributed by atoms with Crippen molar-refractivity contribution in [2.45, 2.75) is 22.9 Å². The number of methoxy groups -OCH3 is 1. The number of benzene rings is 1. The third kappa shape index (κ3) is 5.10. The van der Waals surface area contributed by atoms with Crippen molar-refractivity contribution in [3.05, 3.63) is 24.3 Å². The maximum absolute atomic E-state index is 11.9. The van der Waals surface area contributed by atoms with E-state index < -0.39 is 17.3 Å². The van der Waals surface area contributed by atoms with E-state index in [1.54, 1.807) is 38.3 Å². The number of ether oxygens (including phenoxy) is 1. The number of aromatic nitrogens is 2. The first-order valence-corrected chi connectivity index (χ1v) is 8.66. The van der Waals surface area contributed by atoms with Gasteiger partial charge in [-0.2, -0.15) is 0 Å². The van der Waals surface area contributed by atoms with E-state index >= 15 is 0 Å². The van der Waals surface area contributed by atoms with Gasteiger partial charge in [0.15, 0.2) is 4.34 Å². The highest BCUT2D eigenvalue weighted by Gasteiger charge is 2.19. The number of anilines is 2. The first-order chi connectivity index (χ1) is 11.5. The van der Waals surface area contributed by atoms with Crippen molar-refractivity contribution in [2.24, 2.45) is 0 Å². The summed E-state index contributed by atoms with van der Waals surface area (Å²) in [5.41, 5.74) is 0.601. The molecule has 0 saturated heterocycles. The molecule has 1 atom stereocenters. The number of hydrogen-bond donors (Lipinski definition) is 3. The van der Waals surface area contributed by atoms with Crippen LogP contribution in [-0.4, -0.2) is 39.7 Å². The van der Waals surface area contributed by atoms with Crippen LogP contribution in [0.1, 0.15) is 13.3 Å². The largest absolute Gasteiger partial charge is 0.497 e. The number of carboxylic acid groups (broad SMARTS) is 1. The lowest BCUT2D eigenvalue weighted by atomic mass is 10.3. The van der Waals surface area contributed by atoms with Crippen LogP contribution in [0.15, 0.2) is 28.6 Å². The van der Waals surface area contributed by atoms with Crippen LogP contribution in [-0.2, 0) is 4.79 Å². The topological polar surface area (TPSA) is 113 Å². The van der Waals surface area contributed by atoms with Crippen LogP contribution in [0.2, 0.25) is 0 Å². The number of nitrogens with zero attached hydrogens (tertiary/aromatic N) is 2. The van der Waals surface area contributed by atoms with Crippen LogP contribution in [0.25, 0.3) is 0 Å². The first kappa shape index (κ1) is 18.0. The Balaban J connectivity index is 1.91. The zero-order valence-corrected chi connectivity index (χ0v) is 14.6. The van der Waals surface area contributed by atoms with E-state index in [2.05, 4.69) is 20.8 Å². The lowest BCUT2D eigenvalue weighted by molar-refractivity contribution is -0.136. The molecule has 0 aliphatic rings. The van der Waals surface area contributed by atoms with Crippen molar-refractivity contribution in [3.8, 4) is 5.75 Å². The van der Waals surface area contributed by atoms with E-state index in [1.165, 1.54) is 0 Å². The minimum absolute atomic E-state index is 0.295. The second kappa shape index (κ2) is 8.50. The van der Waals surface area contributed by atoms with Gasteiger partial charge in [0, 0.05) is 5.69 Å². The number of nitrogens with one attached hydrogen (secondary N) is 2. The molecule has 2 aromatic rings. The molecule has 10 heteroatoms. The van der Waals surface area contributed by atoms with Gasteiger partial charge in [-0.15, -0.1) is 10.2 Å². The predicted molar refractivity (Wildman–Crippen MR) is 93.1 cm³/mol. The summed E-state index contributed by atoms with van der Waals surface area (Å²) in [6.45, 7) is 1.79. The van der Waals surface area contributed by atoms with Gasteiger partial charge in [0.25, 0.3) is 0 Å². The lowest BCUT2D eigenvalue weighted by Crippen LogP contribution is -2.19. The van der Waals surface area contributed by atoms with Crippen molar-refractivity contribution in [1.82, 2.24) is 10.2 Å². The van der Waals surface area contributed by atoms with Crippen LogP contribution in [0.4, 0.5) is 15.6 Å². The van der Waals surface area contributed by atoms with Crippen LogP contribution in [0, 0.1) is 0 Å². The van der Waals surface area contributed by atoms with Crippen molar-refractivity contribution in [2.75, 3.05) is 17.7 Å². The second-order valence-electron chi connectivity index (χ2n) is 4.53. The Labute approximate surface area is 146 Å². The zero-order valence-electron chi connectivity index (χ0n) is 13.0. The summed E-state index contributed by atoms with van der Waals surface area (Å²) in [5.74, 6) is -0.208. The Kier molecular flexibility index (Phi) is 6.38. The Hall–Kier alpha value is -2.33. The number of aliphatic carboxylic acids is 1. The molecule has 0 spiro atoms. The molecule has 0 aliphatic carbocycles. The molecule has 3 N–H and O–H groups in total. The first-order valence-electron chi connectivity index (χ1n) is 6.96. The van der Waals surface area contributed by atoms with Gasteiger partial charge in [0.2, 0.25) is 5.13 Å². The number of amides is 2. The van der Waals surface area contributed by atoms with Crippen LogP contribution >= 0.6 is 23.1 Å². The molecule has 2 amide bonds. The lowest BCUT2D eigenvalue weighted by Gasteiger charge is -2.06. The number of carboxylic acids is 1. The number of carbonyl (C=O) groups excluding carboxylic acids is 1. The van der Waals surface area contributed by atoms with Crippen molar-refractivity contribution in [1.29, 1.82) is 0 Å². The molecule has 0 radical (unpaired) electrons. The zero-order chi connectivity index (χ0) is 17.5. The molecule has 2 rings (SSSR count). The number of thioether (sulfide) groups is 1. The Morgan fingerprint density at radius 3 is 2.58 bits per heavy atom. The molecule has 1 aromatic heterocycles. The summed E-state index contributed by atoms with van der Waals surface area (Å²) in [4.78, 5) is 22.9. The van der Waals surface area contributed by atoms with Gasteiger partial charge < -0.3 is 15.2 Å². The maximum atomic E-state index is 11.9. The molecule has 0 bridgehead atoms. The molecule has 0 fully saturated rings. The molecular formula is C14H16N4O4S2. The third-order valence-electron chi connectivity index (χ3n) is 2.86. The number of urea groups is 1. The molecule has 1 heterocycles. The smallest absolute Gasteiger partial charge is 0.325 e. The fraction of sp³-hybridized carbons (Fsp3) is 0.286. The van der Waals surface area contributed by atoms with Crippen molar-refractivity contribution >= 4 is 45.9 Å². The minimum Gasteiger partial charge on any atom is -0.497 e. The maximum Gasteiger partial charge on any atom is 0.325 e. The fourth-order valence-corrected chi connectivity index (χ4v) is 3.52. The fourth-order valence-electron chi connectivity index (χ4n) is 1.67. The summed E-state index contributed by atoms with van der Waals surface area (Å²) < 4.78 is 5.53. The molecule has 0 unspecified atom stereocenters. The highest BCUT2D eigenvalue weighted by Crippen LogP contribution is 2.30. The average Bonchev–Trinajstić information content (AvgIpc) is 3.00. The normalized spacial score (nSPS) is 11.6. The van der Waals surface area contributed by atoms with E-state index in [4.69, 9.17) is 9.84 Å². The highest BCUT2D eigenvalue weighted by atomic mass is 32.2. The molecule has 1 aromatic carbocycles. The van der Waals surface area contributed by atoms with Gasteiger partial charge in [-0.25, -0.2) is 4.79 Å². The summed E-state index contributed by atoms with van der Waals surface area (Å²) >= 11 is 2.24. The van der Waals surface area contributed by atoms with Gasteiger partial charge in [-0.05, 0) is 30.7 Å². The molecule has 128 valence electrons. The number of rotatable bonds is 7. The van der Waals surface area contributed by atoms with Crippen molar-refractivity contribution < 1.29 is 19.4 Å². The Bertz CT molecular complexity index is 705. The second-order valence-corrected chi connectivity index (χ2v) is 6.96. The monoisotopic (exact) mass is 368 g/mol. The van der Waals surface area contributed by atoms with Gasteiger partial charge in [0.05, 0.1) is 7.11 Å². The van der Waals surface area contributed by atoms with Gasteiger partial charge in [-0.1, -0.05) is 30.0 Å². The van der Waals surface area contributed by atoms with E-state index in [-0.39, 0.29) is 0 Å². The third-order valence-corrected chi connectivity index (χ3v) is 5.14. The molecule has 24 heavy (non-hydrogen) atoms. The quantitative estimate of drug-likeness (QED) is 0.508. The van der Waals surface area contributed by atoms with Gasteiger partial charge >= 0.3 is 12.0 Å². The van der Waals surface area contributed by atoms with E-state index in [1.807, 2.05) is 0 Å². The standard InChI is InChI=1S/C14H16N4O4S2/c1-3-10(11(19)20)23-14-18-17-13(24-14)16-12(21)15-8-4-6-9(22-2)7-5-8/h4-7,10H,3H2,1-2H3,(H,19,20)(H2,15,16,17,21)/t10-/m0/s1. The van der Waals surface area contributed by atoms with Gasteiger partial charge in [0.1, 0.15) is 11.0 Å². The van der Waals surface area contributed by atoms with E-state index in [0.29, 0.717) is 27.3 Å². The summed E-state index contributed by atoms with van der Waals surface area (Å²) in [5, 5.41) is 21.7. The summed E-state index contributed by atoms with van der Waals surface area (Å²) in [7, 11) is 1.56. The van der Waals surface area contributed by atoms with Crippen LogP contribution in [0.5, 0.6) is 5.75 Å². The Morgan fingerprint density at radius 1 is 1.29 bits per heavy atom. The van der Waals surface area contributed by atoms with Crippen LogP contribution in [0.3, 0.4) is 0 Å². The molecule has 0 aliphatic heterocycles. The highest BCUT2D eigenvalue weighted by molar-refractivity contribution is 8.02. The van der Waals surface area contributed by atoms with E-state index in [9.17, 15) is 9.59 Å². The van der Waals surface area contributed by atoms with Crippen molar-refractivity contribution in [3.63, 3.8) is 0 Å². The summed E-state index contributed by atoms with van der Waals surface area (Å²) in [6.07, 6.45) is 0.473. The SMILES string of the molecule is CC[C@H](Sc1nnc(NC(=O)Nc2ccc(OC)cc2)s1)C(=O)O. The number of hydrogen-bond acceptors (Lipinski definition) is 7. The molecule has 0 saturated carbocycles. The summed E-state index contributed by atoms with van der Waals surface area (Å²) in [6, 6.07) is 6.41. The predicted octanol–water partition coefficient (Wildman–Crippen LogP) is 3.15.